The van der Waals surface area contributed by atoms with E-state index in [2.05, 4.69) is 20.5 Å². The lowest BCUT2D eigenvalue weighted by atomic mass is 9.99. The fraction of sp³-hybridized carbons (Fsp3) is 0.524. The zero-order valence-electron chi connectivity index (χ0n) is 17.0. The molecule has 9 heteroatoms. The van der Waals surface area contributed by atoms with Gasteiger partial charge in [0, 0.05) is 44.9 Å². The number of nitrogens with one attached hydrogen (secondary N) is 2. The zero-order chi connectivity index (χ0) is 20.9. The highest BCUT2D eigenvalue weighted by molar-refractivity contribution is 5.80. The van der Waals surface area contributed by atoms with Crippen LogP contribution in [0, 0.1) is 5.92 Å². The summed E-state index contributed by atoms with van der Waals surface area (Å²) in [5, 5.41) is 10.4. The van der Waals surface area contributed by atoms with E-state index in [1.54, 1.807) is 0 Å². The largest absolute Gasteiger partial charge is 0.381 e. The first-order chi connectivity index (χ1) is 14.7. The van der Waals surface area contributed by atoms with Crippen LogP contribution in [0.5, 0.6) is 0 Å². The van der Waals surface area contributed by atoms with Crippen LogP contribution in [0.2, 0.25) is 0 Å². The molecule has 2 aromatic rings. The Kier molecular flexibility index (Phi) is 6.39. The number of hydrogen-bond donors (Lipinski definition) is 2. The number of aromatic nitrogens is 3. The lowest BCUT2D eigenvalue weighted by Gasteiger charge is -2.26. The number of amides is 2. The minimum Gasteiger partial charge on any atom is -0.381 e. The van der Waals surface area contributed by atoms with Crippen molar-refractivity contribution in [3.8, 4) is 11.4 Å². The minimum absolute atomic E-state index is 0.0250. The average molecular weight is 413 g/mol. The molecule has 4 rings (SSSR count). The first kappa shape index (κ1) is 20.5. The quantitative estimate of drug-likeness (QED) is 0.730. The van der Waals surface area contributed by atoms with Crippen molar-refractivity contribution >= 4 is 11.8 Å². The van der Waals surface area contributed by atoms with Gasteiger partial charge in [0.25, 0.3) is 0 Å². The second-order valence-corrected chi connectivity index (χ2v) is 7.75. The number of likely N-dealkylation sites (tertiary alicyclic amines) is 1. The van der Waals surface area contributed by atoms with E-state index >= 15 is 0 Å². The van der Waals surface area contributed by atoms with E-state index in [0.717, 1.165) is 18.4 Å². The van der Waals surface area contributed by atoms with Crippen molar-refractivity contribution in [1.29, 1.82) is 0 Å². The van der Waals surface area contributed by atoms with E-state index in [1.165, 1.54) is 7.11 Å². The summed E-state index contributed by atoms with van der Waals surface area (Å²) in [6.07, 6.45) is 1.47. The molecular weight excluding hydrogens is 386 g/mol. The van der Waals surface area contributed by atoms with Crippen LogP contribution in [0.15, 0.2) is 30.3 Å². The van der Waals surface area contributed by atoms with Crippen LogP contribution in [0.1, 0.15) is 24.6 Å². The molecule has 2 atom stereocenters. The SMILES string of the molecule is COCC(=O)N[C@@H]1CN(C(=O)C2CCOCC2)C[C@H]1c1nc(-c2ccccc2)n[nH]1. The van der Waals surface area contributed by atoms with E-state index in [-0.39, 0.29) is 36.3 Å². The van der Waals surface area contributed by atoms with E-state index in [4.69, 9.17) is 9.47 Å². The van der Waals surface area contributed by atoms with Gasteiger partial charge in [0.05, 0.1) is 12.0 Å². The molecule has 2 amide bonds. The molecule has 0 bridgehead atoms. The van der Waals surface area contributed by atoms with E-state index in [0.29, 0.717) is 38.0 Å². The number of nitrogens with zero attached hydrogens (tertiary/aromatic N) is 3. The smallest absolute Gasteiger partial charge is 0.246 e. The number of rotatable bonds is 6. The highest BCUT2D eigenvalue weighted by Gasteiger charge is 2.40. The molecule has 0 saturated carbocycles. The van der Waals surface area contributed by atoms with Crippen molar-refractivity contribution < 1.29 is 19.1 Å². The Morgan fingerprint density at radius 1 is 1.23 bits per heavy atom. The molecule has 2 fully saturated rings. The Morgan fingerprint density at radius 2 is 2.00 bits per heavy atom. The third-order valence-electron chi connectivity index (χ3n) is 5.71. The van der Waals surface area contributed by atoms with Crippen LogP contribution in [0.3, 0.4) is 0 Å². The number of aromatic amines is 1. The average Bonchev–Trinajstić information content (AvgIpc) is 3.42. The van der Waals surface area contributed by atoms with Crippen molar-refractivity contribution in [2.24, 2.45) is 5.92 Å². The number of carbonyl (C=O) groups excluding carboxylic acids is 2. The van der Waals surface area contributed by atoms with Gasteiger partial charge in [-0.3, -0.25) is 14.7 Å². The first-order valence-corrected chi connectivity index (χ1v) is 10.3. The lowest BCUT2D eigenvalue weighted by Crippen LogP contribution is -2.43. The van der Waals surface area contributed by atoms with Crippen LogP contribution in [0.4, 0.5) is 0 Å². The van der Waals surface area contributed by atoms with E-state index in [1.807, 2.05) is 35.2 Å². The molecule has 9 nitrogen and oxygen atoms in total. The molecule has 1 aromatic carbocycles. The van der Waals surface area contributed by atoms with Crippen molar-refractivity contribution in [3.63, 3.8) is 0 Å². The van der Waals surface area contributed by atoms with E-state index in [9.17, 15) is 9.59 Å². The van der Waals surface area contributed by atoms with Crippen LogP contribution in [-0.2, 0) is 19.1 Å². The topological polar surface area (TPSA) is 109 Å². The summed E-state index contributed by atoms with van der Waals surface area (Å²) in [4.78, 5) is 31.7. The molecule has 160 valence electrons. The molecule has 2 saturated heterocycles. The monoisotopic (exact) mass is 413 g/mol. The molecule has 0 aliphatic carbocycles. The summed E-state index contributed by atoms with van der Waals surface area (Å²) in [6.45, 7) is 2.13. The Labute approximate surface area is 175 Å². The van der Waals surface area contributed by atoms with Gasteiger partial charge in [-0.2, -0.15) is 5.10 Å². The zero-order valence-corrected chi connectivity index (χ0v) is 17.0. The third-order valence-corrected chi connectivity index (χ3v) is 5.71. The maximum Gasteiger partial charge on any atom is 0.246 e. The van der Waals surface area contributed by atoms with Gasteiger partial charge in [0.15, 0.2) is 5.82 Å². The number of carbonyl (C=O) groups is 2. The van der Waals surface area contributed by atoms with Crippen molar-refractivity contribution in [2.75, 3.05) is 40.0 Å². The van der Waals surface area contributed by atoms with Crippen LogP contribution in [-0.4, -0.2) is 78.0 Å². The van der Waals surface area contributed by atoms with Gasteiger partial charge in [-0.1, -0.05) is 30.3 Å². The summed E-state index contributed by atoms with van der Waals surface area (Å²) in [5.41, 5.74) is 0.910. The molecule has 1 aromatic heterocycles. The number of benzene rings is 1. The molecule has 0 spiro atoms. The second kappa shape index (κ2) is 9.36. The molecule has 0 radical (unpaired) electrons. The molecule has 2 aliphatic heterocycles. The Hall–Kier alpha value is -2.78. The third kappa shape index (κ3) is 4.52. The van der Waals surface area contributed by atoms with Gasteiger partial charge in [0.1, 0.15) is 12.4 Å². The Balaban J connectivity index is 1.53. The van der Waals surface area contributed by atoms with Gasteiger partial charge in [-0.05, 0) is 12.8 Å². The lowest BCUT2D eigenvalue weighted by molar-refractivity contribution is -0.137. The number of ether oxygens (including phenoxy) is 2. The second-order valence-electron chi connectivity index (χ2n) is 7.75. The van der Waals surface area contributed by atoms with Crippen LogP contribution >= 0.6 is 0 Å². The van der Waals surface area contributed by atoms with Crippen molar-refractivity contribution in [2.45, 2.75) is 24.8 Å². The van der Waals surface area contributed by atoms with Crippen molar-refractivity contribution in [1.82, 2.24) is 25.4 Å². The van der Waals surface area contributed by atoms with Gasteiger partial charge in [0.2, 0.25) is 11.8 Å². The number of H-pyrrole nitrogens is 1. The predicted octanol–water partition coefficient (Wildman–Crippen LogP) is 0.955. The van der Waals surface area contributed by atoms with Gasteiger partial charge in [-0.25, -0.2) is 4.98 Å². The minimum atomic E-state index is -0.256. The molecule has 2 aliphatic rings. The first-order valence-electron chi connectivity index (χ1n) is 10.3. The molecule has 2 N–H and O–H groups in total. The molecular formula is C21H27N5O4. The maximum absolute atomic E-state index is 13.0. The summed E-state index contributed by atoms with van der Waals surface area (Å²) in [5.74, 6) is 0.980. The predicted molar refractivity (Wildman–Crippen MR) is 108 cm³/mol. The number of hydrogen-bond acceptors (Lipinski definition) is 6. The molecule has 0 unspecified atom stereocenters. The van der Waals surface area contributed by atoms with E-state index < -0.39 is 0 Å². The highest BCUT2D eigenvalue weighted by Crippen LogP contribution is 2.29. The van der Waals surface area contributed by atoms with Gasteiger partial charge in [-0.15, -0.1) is 0 Å². The number of methoxy groups -OCH3 is 1. The maximum atomic E-state index is 13.0. The summed E-state index contributed by atoms with van der Waals surface area (Å²) < 4.78 is 10.3. The summed E-state index contributed by atoms with van der Waals surface area (Å²) >= 11 is 0. The standard InChI is InChI=1S/C21H27N5O4/c1-29-13-18(27)22-17-12-26(21(28)15-7-9-30-10-8-15)11-16(17)20-23-19(24-25-20)14-5-3-2-4-6-14/h2-6,15-17H,7-13H2,1H3,(H,22,27)(H,23,24,25)/t16-,17-/m1/s1. The molecule has 30 heavy (non-hydrogen) atoms. The fourth-order valence-corrected chi connectivity index (χ4v) is 4.15. The van der Waals surface area contributed by atoms with Crippen molar-refractivity contribution in [3.05, 3.63) is 36.2 Å². The fourth-order valence-electron chi connectivity index (χ4n) is 4.15. The van der Waals surface area contributed by atoms with Gasteiger partial charge >= 0.3 is 0 Å². The van der Waals surface area contributed by atoms with Crippen LogP contribution in [0.25, 0.3) is 11.4 Å². The summed E-state index contributed by atoms with van der Waals surface area (Å²) in [6, 6.07) is 9.44. The van der Waals surface area contributed by atoms with Gasteiger partial charge < -0.3 is 19.7 Å². The Morgan fingerprint density at radius 3 is 2.73 bits per heavy atom. The normalized spacial score (nSPS) is 22.2. The Bertz CT molecular complexity index is 865. The highest BCUT2D eigenvalue weighted by atomic mass is 16.5. The van der Waals surface area contributed by atoms with Crippen LogP contribution < -0.4 is 5.32 Å². The molecule has 3 heterocycles. The summed E-state index contributed by atoms with van der Waals surface area (Å²) in [7, 11) is 1.48.